The molecule has 1 fully saturated rings. The van der Waals surface area contributed by atoms with E-state index in [4.69, 9.17) is 0 Å². The standard InChI is InChI=1S/C14H17F2NO/c1-8-3-5-10(7-8)17-14(18)12-11(15)6-4-9(2)13(12)16/h4,6,8,10H,3,5,7H2,1-2H3,(H,17,18). The molecule has 0 saturated heterocycles. The number of hydrogen-bond acceptors (Lipinski definition) is 1. The number of amides is 1. The van der Waals surface area contributed by atoms with Gasteiger partial charge in [-0.15, -0.1) is 0 Å². The number of carbonyl (C=O) groups excluding carboxylic acids is 1. The Morgan fingerprint density at radius 1 is 1.33 bits per heavy atom. The first-order chi connectivity index (χ1) is 8.49. The third-order valence-electron chi connectivity index (χ3n) is 3.54. The summed E-state index contributed by atoms with van der Waals surface area (Å²) >= 11 is 0. The predicted molar refractivity (Wildman–Crippen MR) is 65.4 cm³/mol. The maximum atomic E-state index is 13.8. The monoisotopic (exact) mass is 253 g/mol. The van der Waals surface area contributed by atoms with Crippen LogP contribution in [0.1, 0.15) is 42.1 Å². The molecule has 2 atom stereocenters. The van der Waals surface area contributed by atoms with Gasteiger partial charge in [0.05, 0.1) is 0 Å². The Labute approximate surface area is 105 Å². The maximum absolute atomic E-state index is 13.8. The predicted octanol–water partition coefficient (Wildman–Crippen LogP) is 3.19. The molecule has 1 aromatic rings. The van der Waals surface area contributed by atoms with E-state index in [-0.39, 0.29) is 11.6 Å². The van der Waals surface area contributed by atoms with Crippen molar-refractivity contribution in [2.45, 2.75) is 39.2 Å². The Morgan fingerprint density at radius 3 is 2.67 bits per heavy atom. The van der Waals surface area contributed by atoms with Gasteiger partial charge in [0.25, 0.3) is 5.91 Å². The average molecular weight is 253 g/mol. The average Bonchev–Trinajstić information content (AvgIpc) is 2.70. The smallest absolute Gasteiger partial charge is 0.257 e. The highest BCUT2D eigenvalue weighted by Gasteiger charge is 2.26. The fourth-order valence-corrected chi connectivity index (χ4v) is 2.46. The first-order valence-electron chi connectivity index (χ1n) is 6.24. The molecule has 1 aliphatic carbocycles. The maximum Gasteiger partial charge on any atom is 0.257 e. The molecule has 0 spiro atoms. The van der Waals surface area contributed by atoms with Crippen molar-refractivity contribution < 1.29 is 13.6 Å². The van der Waals surface area contributed by atoms with Crippen LogP contribution in [-0.4, -0.2) is 11.9 Å². The lowest BCUT2D eigenvalue weighted by molar-refractivity contribution is 0.0928. The zero-order valence-electron chi connectivity index (χ0n) is 10.6. The van der Waals surface area contributed by atoms with Crippen LogP contribution in [0.2, 0.25) is 0 Å². The number of aryl methyl sites for hydroxylation is 1. The SMILES string of the molecule is Cc1ccc(F)c(C(=O)NC2CCC(C)C2)c1F. The van der Waals surface area contributed by atoms with Crippen LogP contribution in [0.5, 0.6) is 0 Å². The van der Waals surface area contributed by atoms with Crippen LogP contribution >= 0.6 is 0 Å². The molecule has 1 amide bonds. The van der Waals surface area contributed by atoms with Crippen molar-refractivity contribution in [3.05, 3.63) is 34.9 Å². The Bertz CT molecular complexity index is 473. The molecule has 2 nitrogen and oxygen atoms in total. The summed E-state index contributed by atoms with van der Waals surface area (Å²) in [5, 5.41) is 2.72. The van der Waals surface area contributed by atoms with Gasteiger partial charge in [-0.1, -0.05) is 13.0 Å². The lowest BCUT2D eigenvalue weighted by Crippen LogP contribution is -2.34. The van der Waals surface area contributed by atoms with Crippen LogP contribution < -0.4 is 5.32 Å². The van der Waals surface area contributed by atoms with Crippen LogP contribution in [-0.2, 0) is 0 Å². The molecule has 18 heavy (non-hydrogen) atoms. The molecule has 1 saturated carbocycles. The van der Waals surface area contributed by atoms with E-state index in [1.165, 1.54) is 13.0 Å². The van der Waals surface area contributed by atoms with E-state index in [0.29, 0.717) is 5.92 Å². The molecule has 0 bridgehead atoms. The molecule has 0 heterocycles. The van der Waals surface area contributed by atoms with Crippen molar-refractivity contribution in [3.8, 4) is 0 Å². The van der Waals surface area contributed by atoms with Gasteiger partial charge >= 0.3 is 0 Å². The summed E-state index contributed by atoms with van der Waals surface area (Å²) in [6.45, 7) is 3.63. The van der Waals surface area contributed by atoms with E-state index in [2.05, 4.69) is 12.2 Å². The normalized spacial score (nSPS) is 23.1. The fraction of sp³-hybridized carbons (Fsp3) is 0.500. The van der Waals surface area contributed by atoms with Crippen molar-refractivity contribution in [1.82, 2.24) is 5.32 Å². The van der Waals surface area contributed by atoms with Gasteiger partial charge in [-0.2, -0.15) is 0 Å². The van der Waals surface area contributed by atoms with E-state index < -0.39 is 23.1 Å². The molecule has 2 unspecified atom stereocenters. The van der Waals surface area contributed by atoms with E-state index in [1.54, 1.807) is 0 Å². The molecule has 0 aliphatic heterocycles. The van der Waals surface area contributed by atoms with Gasteiger partial charge < -0.3 is 5.32 Å². The van der Waals surface area contributed by atoms with Gasteiger partial charge in [0.1, 0.15) is 17.2 Å². The second kappa shape index (κ2) is 5.04. The van der Waals surface area contributed by atoms with Crippen LogP contribution in [0.15, 0.2) is 12.1 Å². The largest absolute Gasteiger partial charge is 0.349 e. The molecule has 1 aliphatic rings. The fourth-order valence-electron chi connectivity index (χ4n) is 2.46. The summed E-state index contributed by atoms with van der Waals surface area (Å²) in [5.41, 5.74) is -0.184. The molecule has 0 aromatic heterocycles. The van der Waals surface area contributed by atoms with Crippen molar-refractivity contribution >= 4 is 5.91 Å². The Kier molecular flexibility index (Phi) is 3.64. The second-order valence-corrected chi connectivity index (χ2v) is 5.14. The third-order valence-corrected chi connectivity index (χ3v) is 3.54. The molecule has 98 valence electrons. The zero-order valence-corrected chi connectivity index (χ0v) is 10.6. The second-order valence-electron chi connectivity index (χ2n) is 5.14. The molecule has 4 heteroatoms. The quantitative estimate of drug-likeness (QED) is 0.861. The minimum Gasteiger partial charge on any atom is -0.349 e. The Balaban J connectivity index is 2.16. The van der Waals surface area contributed by atoms with Crippen molar-refractivity contribution in [2.24, 2.45) is 5.92 Å². The van der Waals surface area contributed by atoms with Gasteiger partial charge in [0.15, 0.2) is 0 Å². The zero-order chi connectivity index (χ0) is 13.3. The molecular weight excluding hydrogens is 236 g/mol. The van der Waals surface area contributed by atoms with Gasteiger partial charge in [0.2, 0.25) is 0 Å². The summed E-state index contributed by atoms with van der Waals surface area (Å²) in [5.74, 6) is -1.66. The Morgan fingerprint density at radius 2 is 2.06 bits per heavy atom. The summed E-state index contributed by atoms with van der Waals surface area (Å²) < 4.78 is 27.3. The number of hydrogen-bond donors (Lipinski definition) is 1. The first kappa shape index (κ1) is 13.0. The Hall–Kier alpha value is -1.45. The number of carbonyl (C=O) groups is 1. The van der Waals surface area contributed by atoms with Crippen LogP contribution in [0.4, 0.5) is 8.78 Å². The third kappa shape index (κ3) is 2.52. The number of nitrogens with one attached hydrogen (secondary N) is 1. The topological polar surface area (TPSA) is 29.1 Å². The molecule has 0 radical (unpaired) electrons. The summed E-state index contributed by atoms with van der Waals surface area (Å²) in [6, 6.07) is 2.50. The minimum absolute atomic E-state index is 0.0341. The highest BCUT2D eigenvalue weighted by atomic mass is 19.1. The van der Waals surface area contributed by atoms with Crippen LogP contribution in [0, 0.1) is 24.5 Å². The lowest BCUT2D eigenvalue weighted by Gasteiger charge is -2.14. The number of rotatable bonds is 2. The molecule has 1 N–H and O–H groups in total. The molecule has 1 aromatic carbocycles. The summed E-state index contributed by atoms with van der Waals surface area (Å²) in [4.78, 5) is 11.9. The minimum atomic E-state index is -0.804. The van der Waals surface area contributed by atoms with E-state index in [1.807, 2.05) is 0 Å². The van der Waals surface area contributed by atoms with Gasteiger partial charge in [0, 0.05) is 6.04 Å². The van der Waals surface area contributed by atoms with E-state index in [0.717, 1.165) is 25.3 Å². The molecule has 2 rings (SSSR count). The van der Waals surface area contributed by atoms with Crippen molar-refractivity contribution in [1.29, 1.82) is 0 Å². The number of benzene rings is 1. The van der Waals surface area contributed by atoms with Crippen LogP contribution in [0.25, 0.3) is 0 Å². The lowest BCUT2D eigenvalue weighted by atomic mass is 10.1. The van der Waals surface area contributed by atoms with E-state index in [9.17, 15) is 13.6 Å². The first-order valence-corrected chi connectivity index (χ1v) is 6.24. The van der Waals surface area contributed by atoms with Gasteiger partial charge in [-0.3, -0.25) is 4.79 Å². The van der Waals surface area contributed by atoms with Crippen LogP contribution in [0.3, 0.4) is 0 Å². The van der Waals surface area contributed by atoms with E-state index >= 15 is 0 Å². The van der Waals surface area contributed by atoms with Gasteiger partial charge in [-0.05, 0) is 43.7 Å². The molecular formula is C14H17F2NO. The van der Waals surface area contributed by atoms with Crippen molar-refractivity contribution in [3.63, 3.8) is 0 Å². The number of halogens is 2. The van der Waals surface area contributed by atoms with Gasteiger partial charge in [-0.25, -0.2) is 8.78 Å². The highest BCUT2D eigenvalue weighted by molar-refractivity contribution is 5.95. The van der Waals surface area contributed by atoms with Crippen molar-refractivity contribution in [2.75, 3.05) is 0 Å². The summed E-state index contributed by atoms with van der Waals surface area (Å²) in [6.07, 6.45) is 2.80. The summed E-state index contributed by atoms with van der Waals surface area (Å²) in [7, 11) is 0. The highest BCUT2D eigenvalue weighted by Crippen LogP contribution is 2.25.